The van der Waals surface area contributed by atoms with E-state index in [1.807, 2.05) is 0 Å². The van der Waals surface area contributed by atoms with E-state index in [0.29, 0.717) is 0 Å². The fourth-order valence-electron chi connectivity index (χ4n) is 1.68. The molecule has 0 fully saturated rings. The Kier molecular flexibility index (Phi) is 8.56. The molecule has 0 N–H and O–H groups in total. The predicted molar refractivity (Wildman–Crippen MR) is 64.6 cm³/mol. The highest BCUT2D eigenvalue weighted by Crippen LogP contribution is 2.07. The Balaban J connectivity index is 0.000000921. The molecule has 0 aliphatic rings. The SMILES string of the molecule is C#N.CCCCCn1cccc1CCC. The van der Waals surface area contributed by atoms with Gasteiger partial charge in [0.05, 0.1) is 0 Å². The first kappa shape index (κ1) is 13.8. The van der Waals surface area contributed by atoms with Gasteiger partial charge in [0.25, 0.3) is 0 Å². The molecule has 2 heteroatoms. The Hall–Kier alpha value is -1.23. The zero-order valence-electron chi connectivity index (χ0n) is 9.95. The summed E-state index contributed by atoms with van der Waals surface area (Å²) in [6.07, 6.45) is 8.66. The van der Waals surface area contributed by atoms with Crippen molar-refractivity contribution >= 4 is 0 Å². The van der Waals surface area contributed by atoms with Crippen LogP contribution in [0.1, 0.15) is 45.2 Å². The van der Waals surface area contributed by atoms with Crippen LogP contribution in [0.3, 0.4) is 0 Å². The van der Waals surface area contributed by atoms with Crippen molar-refractivity contribution in [3.8, 4) is 6.57 Å². The summed E-state index contributed by atoms with van der Waals surface area (Å²) in [5, 5.41) is 6.50. The van der Waals surface area contributed by atoms with Crippen molar-refractivity contribution < 1.29 is 0 Å². The van der Waals surface area contributed by atoms with Crippen molar-refractivity contribution in [2.24, 2.45) is 0 Å². The van der Waals surface area contributed by atoms with Crippen molar-refractivity contribution in [2.75, 3.05) is 0 Å². The molecule has 1 rings (SSSR count). The van der Waals surface area contributed by atoms with Crippen LogP contribution < -0.4 is 0 Å². The monoisotopic (exact) mass is 206 g/mol. The van der Waals surface area contributed by atoms with Crippen molar-refractivity contribution in [1.29, 1.82) is 5.26 Å². The molecule has 0 atom stereocenters. The first-order chi connectivity index (χ1) is 7.38. The smallest absolute Gasteiger partial charge is 0.0462 e. The lowest BCUT2D eigenvalue weighted by molar-refractivity contribution is 0.583. The molecule has 0 saturated heterocycles. The third-order valence-corrected chi connectivity index (χ3v) is 2.43. The Bertz CT molecular complexity index is 260. The summed E-state index contributed by atoms with van der Waals surface area (Å²) in [5.74, 6) is 0. The second kappa shape index (κ2) is 9.33. The van der Waals surface area contributed by atoms with Gasteiger partial charge in [-0.25, -0.2) is 5.26 Å². The van der Waals surface area contributed by atoms with Gasteiger partial charge >= 0.3 is 0 Å². The van der Waals surface area contributed by atoms with E-state index in [1.54, 1.807) is 0 Å². The van der Waals surface area contributed by atoms with Gasteiger partial charge in [0, 0.05) is 25.0 Å². The predicted octanol–water partition coefficient (Wildman–Crippen LogP) is 3.77. The van der Waals surface area contributed by atoms with Crippen LogP contribution in [0.2, 0.25) is 0 Å². The molecule has 15 heavy (non-hydrogen) atoms. The number of aryl methyl sites for hydroxylation is 2. The minimum absolute atomic E-state index is 1.20. The average molecular weight is 206 g/mol. The highest BCUT2D eigenvalue weighted by atomic mass is 15.0. The number of unbranched alkanes of at least 4 members (excludes halogenated alkanes) is 2. The van der Waals surface area contributed by atoms with Crippen LogP contribution in [-0.2, 0) is 13.0 Å². The van der Waals surface area contributed by atoms with Gasteiger partial charge in [-0.1, -0.05) is 33.1 Å². The summed E-state index contributed by atoms with van der Waals surface area (Å²) in [6.45, 7) is 9.20. The lowest BCUT2D eigenvalue weighted by atomic mass is 10.2. The highest BCUT2D eigenvalue weighted by Gasteiger charge is 1.98. The molecule has 1 aromatic rings. The summed E-state index contributed by atoms with van der Waals surface area (Å²) in [5.41, 5.74) is 1.50. The minimum Gasteiger partial charge on any atom is -0.351 e. The van der Waals surface area contributed by atoms with Crippen molar-refractivity contribution in [1.82, 2.24) is 4.57 Å². The number of nitriles is 1. The molecule has 1 heterocycles. The van der Waals surface area contributed by atoms with E-state index in [9.17, 15) is 0 Å². The maximum absolute atomic E-state index is 6.50. The van der Waals surface area contributed by atoms with E-state index in [4.69, 9.17) is 5.26 Å². The first-order valence-corrected chi connectivity index (χ1v) is 5.78. The van der Waals surface area contributed by atoms with E-state index in [-0.39, 0.29) is 0 Å². The first-order valence-electron chi connectivity index (χ1n) is 5.78. The number of hydrogen-bond acceptors (Lipinski definition) is 1. The Morgan fingerprint density at radius 3 is 2.53 bits per heavy atom. The van der Waals surface area contributed by atoms with Crippen molar-refractivity contribution in [3.63, 3.8) is 0 Å². The molecule has 0 aliphatic carbocycles. The Labute approximate surface area is 93.5 Å². The fraction of sp³-hybridized carbons (Fsp3) is 0.615. The normalized spacial score (nSPS) is 9.33. The minimum atomic E-state index is 1.20. The van der Waals surface area contributed by atoms with Crippen LogP contribution in [0.5, 0.6) is 0 Å². The van der Waals surface area contributed by atoms with E-state index in [0.717, 1.165) is 0 Å². The maximum atomic E-state index is 6.50. The van der Waals surface area contributed by atoms with Gasteiger partial charge in [-0.2, -0.15) is 0 Å². The van der Waals surface area contributed by atoms with Crippen LogP contribution in [0.15, 0.2) is 18.3 Å². The summed E-state index contributed by atoms with van der Waals surface area (Å²) in [4.78, 5) is 0. The number of rotatable bonds is 6. The summed E-state index contributed by atoms with van der Waals surface area (Å²) < 4.78 is 2.40. The summed E-state index contributed by atoms with van der Waals surface area (Å²) >= 11 is 0. The lowest BCUT2D eigenvalue weighted by Gasteiger charge is -2.07. The quantitative estimate of drug-likeness (QED) is 0.651. The Morgan fingerprint density at radius 1 is 1.20 bits per heavy atom. The third-order valence-electron chi connectivity index (χ3n) is 2.43. The van der Waals surface area contributed by atoms with Gasteiger partial charge in [-0.3, -0.25) is 0 Å². The second-order valence-electron chi connectivity index (χ2n) is 3.65. The van der Waals surface area contributed by atoms with Gasteiger partial charge in [-0.15, -0.1) is 0 Å². The van der Waals surface area contributed by atoms with E-state index in [2.05, 4.69) is 43.3 Å². The molecule has 1 aromatic heterocycles. The molecule has 2 nitrogen and oxygen atoms in total. The van der Waals surface area contributed by atoms with Crippen LogP contribution >= 0.6 is 0 Å². The molecule has 0 radical (unpaired) electrons. The zero-order chi connectivity index (χ0) is 11.5. The standard InChI is InChI=1S/C12H21N.CHN/c1-3-5-6-10-13-11-7-9-12(13)8-4-2;1-2/h7,9,11H,3-6,8,10H2,1-2H3;1H. The maximum Gasteiger partial charge on any atom is 0.0462 e. The molecule has 0 spiro atoms. The number of nitrogens with zero attached hydrogens (tertiary/aromatic N) is 2. The average Bonchev–Trinajstić information content (AvgIpc) is 2.70. The van der Waals surface area contributed by atoms with E-state index < -0.39 is 0 Å². The largest absolute Gasteiger partial charge is 0.351 e. The molecule has 0 bridgehead atoms. The topological polar surface area (TPSA) is 28.7 Å². The van der Waals surface area contributed by atoms with E-state index in [1.165, 1.54) is 44.3 Å². The Morgan fingerprint density at radius 2 is 1.93 bits per heavy atom. The van der Waals surface area contributed by atoms with Crippen LogP contribution in [0.4, 0.5) is 0 Å². The zero-order valence-corrected chi connectivity index (χ0v) is 9.95. The number of aromatic nitrogens is 1. The molecule has 0 saturated carbocycles. The molecule has 84 valence electrons. The molecule has 0 aromatic carbocycles. The second-order valence-corrected chi connectivity index (χ2v) is 3.65. The molecule has 0 aliphatic heterocycles. The molecular formula is C13H22N2. The van der Waals surface area contributed by atoms with Crippen LogP contribution in [-0.4, -0.2) is 4.57 Å². The van der Waals surface area contributed by atoms with Gasteiger partial charge in [-0.05, 0) is 25.0 Å². The highest BCUT2D eigenvalue weighted by molar-refractivity contribution is 5.07. The third kappa shape index (κ3) is 5.27. The lowest BCUT2D eigenvalue weighted by Crippen LogP contribution is -2.01. The number of hydrogen-bond donors (Lipinski definition) is 0. The summed E-state index contributed by atoms with van der Waals surface area (Å²) in [7, 11) is 0. The van der Waals surface area contributed by atoms with Gasteiger partial charge in [0.2, 0.25) is 0 Å². The van der Waals surface area contributed by atoms with Gasteiger partial charge in [0.15, 0.2) is 0 Å². The van der Waals surface area contributed by atoms with Crippen molar-refractivity contribution in [2.45, 2.75) is 52.5 Å². The molecule has 0 unspecified atom stereocenters. The molecular weight excluding hydrogens is 184 g/mol. The molecule has 0 amide bonds. The summed E-state index contributed by atoms with van der Waals surface area (Å²) in [6, 6.07) is 4.41. The fourth-order valence-corrected chi connectivity index (χ4v) is 1.68. The van der Waals surface area contributed by atoms with Gasteiger partial charge in [0.1, 0.15) is 0 Å². The van der Waals surface area contributed by atoms with E-state index >= 15 is 0 Å². The van der Waals surface area contributed by atoms with Gasteiger partial charge < -0.3 is 4.57 Å². The van der Waals surface area contributed by atoms with Crippen LogP contribution in [0.25, 0.3) is 0 Å². The van der Waals surface area contributed by atoms with Crippen LogP contribution in [0, 0.1) is 11.8 Å². The van der Waals surface area contributed by atoms with Crippen molar-refractivity contribution in [3.05, 3.63) is 24.0 Å².